The fraction of sp³-hybridized carbons (Fsp3) is 0.118. The van der Waals surface area contributed by atoms with Crippen molar-refractivity contribution in [3.05, 3.63) is 67.5 Å². The molecule has 138 valence electrons. The molecule has 1 aromatic heterocycles. The quantitative estimate of drug-likeness (QED) is 0.408. The number of aromatic nitrogens is 2. The van der Waals surface area contributed by atoms with E-state index in [9.17, 15) is 20.0 Å². The van der Waals surface area contributed by atoms with E-state index in [1.54, 1.807) is 31.2 Å². The molecule has 0 amide bonds. The zero-order chi connectivity index (χ0) is 19.6. The van der Waals surface area contributed by atoms with Gasteiger partial charge in [-0.05, 0) is 36.4 Å². The molecule has 0 aliphatic carbocycles. The first kappa shape index (κ1) is 18.3. The Morgan fingerprint density at radius 1 is 1.37 bits per heavy atom. The number of rotatable bonds is 5. The lowest BCUT2D eigenvalue weighted by Crippen LogP contribution is -2.23. The number of nitro benzene ring substituents is 1. The van der Waals surface area contributed by atoms with E-state index in [4.69, 9.17) is 11.6 Å². The van der Waals surface area contributed by atoms with Crippen molar-refractivity contribution in [2.24, 2.45) is 5.10 Å². The molecule has 3 rings (SSSR count). The van der Waals surface area contributed by atoms with Crippen LogP contribution in [0, 0.1) is 10.1 Å². The van der Waals surface area contributed by atoms with Crippen LogP contribution in [-0.4, -0.2) is 20.7 Å². The highest BCUT2D eigenvalue weighted by Gasteiger charge is 2.12. The molecule has 0 fully saturated rings. The van der Waals surface area contributed by atoms with Crippen LogP contribution < -0.4 is 16.1 Å². The van der Waals surface area contributed by atoms with Gasteiger partial charge < -0.3 is 5.11 Å². The summed E-state index contributed by atoms with van der Waals surface area (Å²) in [5, 5.41) is 27.4. The molecule has 0 spiro atoms. The number of hydrogen-bond donors (Lipinski definition) is 1. The molecule has 0 aliphatic heterocycles. The summed E-state index contributed by atoms with van der Waals surface area (Å²) in [5.41, 5.74) is 2.17. The number of fused-ring (bicyclic) bond motifs is 1. The van der Waals surface area contributed by atoms with Gasteiger partial charge in [0.2, 0.25) is 5.95 Å². The van der Waals surface area contributed by atoms with Crippen LogP contribution in [0.5, 0.6) is 5.75 Å². The lowest BCUT2D eigenvalue weighted by Gasteiger charge is -2.12. The highest BCUT2D eigenvalue weighted by Crippen LogP contribution is 2.30. The number of halogens is 1. The van der Waals surface area contributed by atoms with Gasteiger partial charge in [-0.15, -0.1) is 0 Å². The third-order valence-corrected chi connectivity index (χ3v) is 4.02. The maximum absolute atomic E-state index is 12.5. The Bertz CT molecular complexity index is 1130. The summed E-state index contributed by atoms with van der Waals surface area (Å²) in [6.07, 6.45) is 1.10. The monoisotopic (exact) mass is 386 g/mol. The molecule has 0 aliphatic rings. The third kappa shape index (κ3) is 3.58. The van der Waals surface area contributed by atoms with Crippen LogP contribution in [0.25, 0.3) is 10.9 Å². The van der Waals surface area contributed by atoms with Gasteiger partial charge >= 0.3 is 0 Å². The average Bonchev–Trinajstić information content (AvgIpc) is 2.64. The minimum Gasteiger partial charge on any atom is -0.867 e. The van der Waals surface area contributed by atoms with Crippen molar-refractivity contribution in [1.82, 2.24) is 9.55 Å². The summed E-state index contributed by atoms with van der Waals surface area (Å²) in [4.78, 5) is 27.0. The number of hydrogen-bond acceptors (Lipinski definition) is 7. The second-order valence-corrected chi connectivity index (χ2v) is 5.91. The van der Waals surface area contributed by atoms with Crippen LogP contribution in [0.1, 0.15) is 12.5 Å². The van der Waals surface area contributed by atoms with Gasteiger partial charge in [-0.3, -0.25) is 19.5 Å². The van der Waals surface area contributed by atoms with Crippen LogP contribution >= 0.6 is 11.6 Å². The van der Waals surface area contributed by atoms with E-state index in [-0.39, 0.29) is 22.1 Å². The second kappa shape index (κ2) is 7.42. The predicted molar refractivity (Wildman–Crippen MR) is 100 cm³/mol. The fourth-order valence-corrected chi connectivity index (χ4v) is 2.76. The molecule has 9 nitrogen and oxygen atoms in total. The van der Waals surface area contributed by atoms with Gasteiger partial charge in [-0.25, -0.2) is 10.4 Å². The molecule has 0 bridgehead atoms. The van der Waals surface area contributed by atoms with Gasteiger partial charge in [-0.1, -0.05) is 23.7 Å². The predicted octanol–water partition coefficient (Wildman–Crippen LogP) is 2.50. The van der Waals surface area contributed by atoms with Crippen LogP contribution in [0.3, 0.4) is 0 Å². The van der Waals surface area contributed by atoms with E-state index in [2.05, 4.69) is 15.5 Å². The summed E-state index contributed by atoms with van der Waals surface area (Å²) < 4.78 is 1.39. The van der Waals surface area contributed by atoms with Crippen molar-refractivity contribution in [3.8, 4) is 5.75 Å². The molecule has 10 heteroatoms. The largest absolute Gasteiger partial charge is 0.867 e. The smallest absolute Gasteiger partial charge is 0.263 e. The van der Waals surface area contributed by atoms with Crippen molar-refractivity contribution in [3.63, 3.8) is 0 Å². The zero-order valence-corrected chi connectivity index (χ0v) is 14.8. The number of nitrogens with one attached hydrogen (secondary N) is 1. The van der Waals surface area contributed by atoms with E-state index in [0.717, 1.165) is 12.3 Å². The number of hydrazone groups is 1. The molecule has 3 aromatic rings. The standard InChI is InChI=1S/C17H14ClN5O4/c1-2-22-16(25)12-5-3-4-6-13(12)20-17(22)21-19-9-10-7-11(18)8-14(15(10)24)23(26)27/h3-9,24H,2H2,1H3,(H,20,21)/p-1/b19-9-. The number of anilines is 1. The molecular weight excluding hydrogens is 374 g/mol. The minimum absolute atomic E-state index is 0.0389. The summed E-state index contributed by atoms with van der Waals surface area (Å²) in [6, 6.07) is 9.13. The van der Waals surface area contributed by atoms with Crippen LogP contribution in [-0.2, 0) is 6.54 Å². The first-order valence-electron chi connectivity index (χ1n) is 7.86. The molecule has 0 radical (unpaired) electrons. The summed E-state index contributed by atoms with van der Waals surface area (Å²) >= 11 is 5.81. The van der Waals surface area contributed by atoms with Gasteiger partial charge in [0.15, 0.2) is 0 Å². The number of nitrogens with zero attached hydrogens (tertiary/aromatic N) is 4. The van der Waals surface area contributed by atoms with Crippen LogP contribution in [0.15, 0.2) is 46.3 Å². The topological polar surface area (TPSA) is 125 Å². The Kier molecular flexibility index (Phi) is 5.04. The molecule has 0 saturated carbocycles. The molecule has 1 N–H and O–H groups in total. The number of benzene rings is 2. The first-order valence-corrected chi connectivity index (χ1v) is 8.23. The second-order valence-electron chi connectivity index (χ2n) is 5.47. The van der Waals surface area contributed by atoms with Gasteiger partial charge in [-0.2, -0.15) is 5.10 Å². The molecule has 0 saturated heterocycles. The number of nitro groups is 1. The number of para-hydroxylation sites is 1. The Hall–Kier alpha value is -3.46. The highest BCUT2D eigenvalue weighted by molar-refractivity contribution is 6.31. The SMILES string of the molecule is CCn1c(N/N=C\c2cc(Cl)cc([N+](=O)[O-])c2[O-])nc2ccccc2c1=O. The van der Waals surface area contributed by atoms with Crippen LogP contribution in [0.4, 0.5) is 11.6 Å². The highest BCUT2D eigenvalue weighted by atomic mass is 35.5. The van der Waals surface area contributed by atoms with Crippen molar-refractivity contribution < 1.29 is 10.0 Å². The molecule has 1 heterocycles. The Balaban J connectivity index is 1.98. The lowest BCUT2D eigenvalue weighted by atomic mass is 10.2. The van der Waals surface area contributed by atoms with Crippen molar-refractivity contribution in [2.75, 3.05) is 5.43 Å². The molecule has 2 aromatic carbocycles. The third-order valence-electron chi connectivity index (χ3n) is 3.81. The molecule has 27 heavy (non-hydrogen) atoms. The molecular formula is C17H13ClN5O4-. The van der Waals surface area contributed by atoms with Gasteiger partial charge in [0, 0.05) is 17.6 Å². The van der Waals surface area contributed by atoms with Crippen LogP contribution in [0.2, 0.25) is 5.02 Å². The van der Waals surface area contributed by atoms with Crippen molar-refractivity contribution >= 4 is 40.4 Å². The zero-order valence-electron chi connectivity index (χ0n) is 14.0. The normalized spacial score (nSPS) is 11.2. The van der Waals surface area contributed by atoms with E-state index in [1.165, 1.54) is 10.6 Å². The fourth-order valence-electron chi connectivity index (χ4n) is 2.54. The van der Waals surface area contributed by atoms with E-state index < -0.39 is 16.4 Å². The lowest BCUT2D eigenvalue weighted by molar-refractivity contribution is -0.398. The van der Waals surface area contributed by atoms with E-state index in [1.807, 2.05) is 0 Å². The summed E-state index contributed by atoms with van der Waals surface area (Å²) in [7, 11) is 0. The Labute approximate surface area is 157 Å². The Morgan fingerprint density at radius 3 is 2.81 bits per heavy atom. The van der Waals surface area contributed by atoms with E-state index in [0.29, 0.717) is 17.4 Å². The maximum atomic E-state index is 12.5. The van der Waals surface area contributed by atoms with Crippen molar-refractivity contribution in [1.29, 1.82) is 0 Å². The summed E-state index contributed by atoms with van der Waals surface area (Å²) in [5.74, 6) is -0.629. The average molecular weight is 387 g/mol. The molecule has 0 atom stereocenters. The minimum atomic E-state index is -0.811. The maximum Gasteiger partial charge on any atom is 0.263 e. The first-order chi connectivity index (χ1) is 12.9. The Morgan fingerprint density at radius 2 is 2.11 bits per heavy atom. The van der Waals surface area contributed by atoms with Gasteiger partial charge in [0.05, 0.1) is 22.0 Å². The van der Waals surface area contributed by atoms with Gasteiger partial charge in [0.25, 0.3) is 11.2 Å². The van der Waals surface area contributed by atoms with Crippen molar-refractivity contribution in [2.45, 2.75) is 13.5 Å². The summed E-state index contributed by atoms with van der Waals surface area (Å²) in [6.45, 7) is 2.13. The van der Waals surface area contributed by atoms with Gasteiger partial charge in [0.1, 0.15) is 0 Å². The molecule has 0 unspecified atom stereocenters. The van der Waals surface area contributed by atoms with E-state index >= 15 is 0 Å².